The standard InChI is InChI=1S/C13H18F3NO/c1-3-9-18-11-7-5-10(6-8-11)12(17-4-2)13(14,15)16/h5-8,12,17H,3-4,9H2,1-2H3. The molecule has 1 aromatic carbocycles. The van der Waals surface area contributed by atoms with Crippen LogP contribution in [0.5, 0.6) is 5.75 Å². The van der Waals surface area contributed by atoms with Crippen LogP contribution in [0.25, 0.3) is 0 Å². The highest BCUT2D eigenvalue weighted by atomic mass is 19.4. The van der Waals surface area contributed by atoms with E-state index in [2.05, 4.69) is 5.32 Å². The Balaban J connectivity index is 2.80. The number of hydrogen-bond donors (Lipinski definition) is 1. The molecule has 0 saturated heterocycles. The first-order valence-electron chi connectivity index (χ1n) is 6.01. The van der Waals surface area contributed by atoms with Crippen LogP contribution in [-0.4, -0.2) is 19.3 Å². The highest BCUT2D eigenvalue weighted by molar-refractivity contribution is 5.29. The predicted molar refractivity (Wildman–Crippen MR) is 64.7 cm³/mol. The van der Waals surface area contributed by atoms with Gasteiger partial charge in [0.15, 0.2) is 0 Å². The molecule has 0 saturated carbocycles. The molecule has 5 heteroatoms. The summed E-state index contributed by atoms with van der Waals surface area (Å²) in [7, 11) is 0. The summed E-state index contributed by atoms with van der Waals surface area (Å²) in [4.78, 5) is 0. The molecule has 18 heavy (non-hydrogen) atoms. The Labute approximate surface area is 105 Å². The maximum absolute atomic E-state index is 12.8. The van der Waals surface area contributed by atoms with Crippen LogP contribution in [0, 0.1) is 0 Å². The van der Waals surface area contributed by atoms with Crippen molar-refractivity contribution in [3.05, 3.63) is 29.8 Å². The Hall–Kier alpha value is -1.23. The van der Waals surface area contributed by atoms with Gasteiger partial charge in [-0.05, 0) is 30.7 Å². The van der Waals surface area contributed by atoms with Gasteiger partial charge in [-0.1, -0.05) is 26.0 Å². The van der Waals surface area contributed by atoms with Crippen molar-refractivity contribution in [1.82, 2.24) is 5.32 Å². The first-order chi connectivity index (χ1) is 8.49. The summed E-state index contributed by atoms with van der Waals surface area (Å²) in [5, 5.41) is 2.44. The van der Waals surface area contributed by atoms with Crippen LogP contribution in [0.1, 0.15) is 31.9 Å². The SMILES string of the molecule is CCCOc1ccc(C(NCC)C(F)(F)F)cc1. The van der Waals surface area contributed by atoms with E-state index in [9.17, 15) is 13.2 Å². The zero-order chi connectivity index (χ0) is 13.6. The molecule has 1 unspecified atom stereocenters. The summed E-state index contributed by atoms with van der Waals surface area (Å²) in [6.45, 7) is 4.45. The molecule has 1 rings (SSSR count). The van der Waals surface area contributed by atoms with Gasteiger partial charge in [-0.3, -0.25) is 0 Å². The molecule has 1 atom stereocenters. The fourth-order valence-corrected chi connectivity index (χ4v) is 1.60. The number of nitrogens with one attached hydrogen (secondary N) is 1. The molecule has 0 spiro atoms. The lowest BCUT2D eigenvalue weighted by atomic mass is 10.1. The van der Waals surface area contributed by atoms with Gasteiger partial charge in [-0.25, -0.2) is 0 Å². The van der Waals surface area contributed by atoms with E-state index in [1.54, 1.807) is 19.1 Å². The molecule has 0 aliphatic rings. The van der Waals surface area contributed by atoms with Gasteiger partial charge < -0.3 is 10.1 Å². The van der Waals surface area contributed by atoms with E-state index >= 15 is 0 Å². The van der Waals surface area contributed by atoms with E-state index in [0.29, 0.717) is 12.4 Å². The van der Waals surface area contributed by atoms with Gasteiger partial charge >= 0.3 is 6.18 Å². The molecule has 0 heterocycles. The van der Waals surface area contributed by atoms with E-state index < -0.39 is 12.2 Å². The summed E-state index contributed by atoms with van der Waals surface area (Å²) in [6.07, 6.45) is -3.42. The Morgan fingerprint density at radius 1 is 1.17 bits per heavy atom. The van der Waals surface area contributed by atoms with E-state index in [1.807, 2.05) is 6.92 Å². The summed E-state index contributed by atoms with van der Waals surface area (Å²) in [5.74, 6) is 0.595. The highest BCUT2D eigenvalue weighted by Crippen LogP contribution is 2.33. The molecule has 0 aliphatic carbocycles. The van der Waals surface area contributed by atoms with Gasteiger partial charge in [-0.2, -0.15) is 13.2 Å². The summed E-state index contributed by atoms with van der Waals surface area (Å²) < 4.78 is 43.7. The third-order valence-electron chi connectivity index (χ3n) is 2.42. The van der Waals surface area contributed by atoms with Gasteiger partial charge in [0.05, 0.1) is 6.61 Å². The Bertz CT molecular complexity index is 348. The molecule has 0 aliphatic heterocycles. The molecule has 0 bridgehead atoms. The van der Waals surface area contributed by atoms with Crippen LogP contribution >= 0.6 is 0 Å². The third kappa shape index (κ3) is 4.22. The van der Waals surface area contributed by atoms with Crippen LogP contribution in [0.15, 0.2) is 24.3 Å². The van der Waals surface area contributed by atoms with Gasteiger partial charge in [0.25, 0.3) is 0 Å². The molecule has 102 valence electrons. The van der Waals surface area contributed by atoms with E-state index in [4.69, 9.17) is 4.74 Å². The highest BCUT2D eigenvalue weighted by Gasteiger charge is 2.40. The van der Waals surface area contributed by atoms with Crippen molar-refractivity contribution in [3.8, 4) is 5.75 Å². The minimum absolute atomic E-state index is 0.202. The van der Waals surface area contributed by atoms with Gasteiger partial charge in [0, 0.05) is 0 Å². The molecule has 2 nitrogen and oxygen atoms in total. The first kappa shape index (κ1) is 14.8. The number of halogens is 3. The number of hydrogen-bond acceptors (Lipinski definition) is 2. The van der Waals surface area contributed by atoms with Crippen molar-refractivity contribution >= 4 is 0 Å². The molecular formula is C13H18F3NO. The quantitative estimate of drug-likeness (QED) is 0.843. The van der Waals surface area contributed by atoms with Gasteiger partial charge in [0.1, 0.15) is 11.8 Å². The van der Waals surface area contributed by atoms with Crippen LogP contribution in [0.3, 0.4) is 0 Å². The molecular weight excluding hydrogens is 243 g/mol. The summed E-state index contributed by atoms with van der Waals surface area (Å²) >= 11 is 0. The number of alkyl halides is 3. The fourth-order valence-electron chi connectivity index (χ4n) is 1.60. The molecule has 1 aromatic rings. The predicted octanol–water partition coefficient (Wildman–Crippen LogP) is 3.69. The van der Waals surface area contributed by atoms with Crippen molar-refractivity contribution in [2.24, 2.45) is 0 Å². The largest absolute Gasteiger partial charge is 0.494 e. The topological polar surface area (TPSA) is 21.3 Å². The second kappa shape index (κ2) is 6.64. The van der Waals surface area contributed by atoms with Crippen molar-refractivity contribution in [2.45, 2.75) is 32.5 Å². The lowest BCUT2D eigenvalue weighted by Crippen LogP contribution is -2.33. The zero-order valence-electron chi connectivity index (χ0n) is 10.6. The lowest BCUT2D eigenvalue weighted by molar-refractivity contribution is -0.157. The molecule has 1 N–H and O–H groups in total. The monoisotopic (exact) mass is 261 g/mol. The first-order valence-corrected chi connectivity index (χ1v) is 6.01. The zero-order valence-corrected chi connectivity index (χ0v) is 10.6. The smallest absolute Gasteiger partial charge is 0.407 e. The Morgan fingerprint density at radius 3 is 2.22 bits per heavy atom. The summed E-state index contributed by atoms with van der Waals surface area (Å²) in [6, 6.07) is 4.42. The lowest BCUT2D eigenvalue weighted by Gasteiger charge is -2.21. The number of rotatable bonds is 6. The Kier molecular flexibility index (Phi) is 5.47. The minimum Gasteiger partial charge on any atom is -0.494 e. The molecule has 0 radical (unpaired) electrons. The van der Waals surface area contributed by atoms with Crippen molar-refractivity contribution in [1.29, 1.82) is 0 Å². The van der Waals surface area contributed by atoms with Crippen molar-refractivity contribution in [2.75, 3.05) is 13.2 Å². The molecule has 0 aromatic heterocycles. The summed E-state index contributed by atoms with van der Waals surface area (Å²) in [5.41, 5.74) is 0.202. The second-order valence-electron chi connectivity index (χ2n) is 3.95. The van der Waals surface area contributed by atoms with Crippen LogP contribution < -0.4 is 10.1 Å². The normalized spacial score (nSPS) is 13.4. The van der Waals surface area contributed by atoms with Crippen LogP contribution in [-0.2, 0) is 0 Å². The third-order valence-corrected chi connectivity index (χ3v) is 2.42. The number of benzene rings is 1. The fraction of sp³-hybridized carbons (Fsp3) is 0.538. The average Bonchev–Trinajstić information content (AvgIpc) is 2.33. The van der Waals surface area contributed by atoms with Crippen LogP contribution in [0.4, 0.5) is 13.2 Å². The molecule has 0 fully saturated rings. The van der Waals surface area contributed by atoms with E-state index in [0.717, 1.165) is 6.42 Å². The average molecular weight is 261 g/mol. The van der Waals surface area contributed by atoms with Gasteiger partial charge in [-0.15, -0.1) is 0 Å². The van der Waals surface area contributed by atoms with Gasteiger partial charge in [0.2, 0.25) is 0 Å². The van der Waals surface area contributed by atoms with E-state index in [-0.39, 0.29) is 12.1 Å². The maximum Gasteiger partial charge on any atom is 0.407 e. The van der Waals surface area contributed by atoms with Crippen molar-refractivity contribution in [3.63, 3.8) is 0 Å². The number of ether oxygens (including phenoxy) is 1. The molecule has 0 amide bonds. The van der Waals surface area contributed by atoms with Crippen molar-refractivity contribution < 1.29 is 17.9 Å². The van der Waals surface area contributed by atoms with E-state index in [1.165, 1.54) is 12.1 Å². The maximum atomic E-state index is 12.8. The minimum atomic E-state index is -4.29. The van der Waals surface area contributed by atoms with Crippen LogP contribution in [0.2, 0.25) is 0 Å². The second-order valence-corrected chi connectivity index (χ2v) is 3.95. The Morgan fingerprint density at radius 2 is 1.78 bits per heavy atom.